The molecule has 0 radical (unpaired) electrons. The standard InChI is InChI=1S/C25H31N3O3S/c29-23(13-8-19-5-2-1-3-6-19)27-14-16-28(17-15-27)25(31)20-9-11-21(12-10-20)26-24(30)22-7-4-18-32-22/h4,7,9-12,18-19H,1-3,5-6,8,13-17H2,(H,26,30). The molecule has 0 spiro atoms. The van der Waals surface area contributed by atoms with Crippen LogP contribution in [0.15, 0.2) is 41.8 Å². The normalized spacial score (nSPS) is 17.2. The zero-order valence-electron chi connectivity index (χ0n) is 18.4. The molecule has 2 fully saturated rings. The molecule has 170 valence electrons. The third-order valence-corrected chi connectivity index (χ3v) is 7.41. The van der Waals surface area contributed by atoms with E-state index in [0.717, 1.165) is 6.42 Å². The van der Waals surface area contributed by atoms with E-state index in [4.69, 9.17) is 0 Å². The van der Waals surface area contributed by atoms with E-state index >= 15 is 0 Å². The highest BCUT2D eigenvalue weighted by Gasteiger charge is 2.25. The van der Waals surface area contributed by atoms with Crippen LogP contribution in [0.25, 0.3) is 0 Å². The molecule has 6 nitrogen and oxygen atoms in total. The third-order valence-electron chi connectivity index (χ3n) is 6.55. The molecule has 7 heteroatoms. The molecule has 1 saturated carbocycles. The van der Waals surface area contributed by atoms with Crippen LogP contribution in [0.4, 0.5) is 5.69 Å². The van der Waals surface area contributed by atoms with Gasteiger partial charge in [0.15, 0.2) is 0 Å². The highest BCUT2D eigenvalue weighted by Crippen LogP contribution is 2.27. The Balaban J connectivity index is 1.23. The Bertz CT molecular complexity index is 912. The molecule has 1 saturated heterocycles. The number of thiophene rings is 1. The van der Waals surface area contributed by atoms with Gasteiger partial charge in [0, 0.05) is 43.9 Å². The van der Waals surface area contributed by atoms with Crippen LogP contribution >= 0.6 is 11.3 Å². The van der Waals surface area contributed by atoms with Gasteiger partial charge in [0.05, 0.1) is 4.88 Å². The predicted molar refractivity (Wildman–Crippen MR) is 127 cm³/mol. The van der Waals surface area contributed by atoms with Crippen LogP contribution in [-0.2, 0) is 4.79 Å². The van der Waals surface area contributed by atoms with E-state index in [-0.39, 0.29) is 17.7 Å². The first kappa shape index (κ1) is 22.5. The molecule has 1 aliphatic heterocycles. The lowest BCUT2D eigenvalue weighted by atomic mass is 9.86. The number of carbonyl (C=O) groups excluding carboxylic acids is 3. The molecule has 2 aliphatic rings. The van der Waals surface area contributed by atoms with Crippen LogP contribution in [0, 0.1) is 5.92 Å². The second-order valence-electron chi connectivity index (χ2n) is 8.72. The summed E-state index contributed by atoms with van der Waals surface area (Å²) in [7, 11) is 0. The lowest BCUT2D eigenvalue weighted by Crippen LogP contribution is -2.50. The zero-order valence-corrected chi connectivity index (χ0v) is 19.2. The number of benzene rings is 1. The Morgan fingerprint density at radius 3 is 2.25 bits per heavy atom. The fraction of sp³-hybridized carbons (Fsp3) is 0.480. The lowest BCUT2D eigenvalue weighted by Gasteiger charge is -2.35. The molecule has 1 aromatic heterocycles. The van der Waals surface area contributed by atoms with Crippen molar-refractivity contribution in [2.45, 2.75) is 44.9 Å². The minimum Gasteiger partial charge on any atom is -0.339 e. The van der Waals surface area contributed by atoms with Crippen LogP contribution in [0.1, 0.15) is 65.0 Å². The van der Waals surface area contributed by atoms with Crippen LogP contribution < -0.4 is 5.32 Å². The minimum absolute atomic E-state index is 0.0320. The summed E-state index contributed by atoms with van der Waals surface area (Å²) in [5.41, 5.74) is 1.25. The van der Waals surface area contributed by atoms with Crippen molar-refractivity contribution < 1.29 is 14.4 Å². The van der Waals surface area contributed by atoms with E-state index in [0.29, 0.717) is 54.6 Å². The molecule has 0 bridgehead atoms. The molecule has 0 unspecified atom stereocenters. The van der Waals surface area contributed by atoms with Gasteiger partial charge in [-0.05, 0) is 48.1 Å². The summed E-state index contributed by atoms with van der Waals surface area (Å²) in [5.74, 6) is 0.765. The van der Waals surface area contributed by atoms with E-state index in [1.165, 1.54) is 43.4 Å². The maximum atomic E-state index is 12.9. The molecule has 1 N–H and O–H groups in total. The maximum absolute atomic E-state index is 12.9. The SMILES string of the molecule is O=C(Nc1ccc(C(=O)N2CCN(C(=O)CCC3CCCCC3)CC2)cc1)c1cccs1. The molecule has 1 aromatic carbocycles. The molecule has 2 heterocycles. The predicted octanol–water partition coefficient (Wildman–Crippen LogP) is 4.65. The van der Waals surface area contributed by atoms with Gasteiger partial charge in [-0.25, -0.2) is 0 Å². The number of nitrogens with one attached hydrogen (secondary N) is 1. The number of anilines is 1. The van der Waals surface area contributed by atoms with Crippen LogP contribution in [0.2, 0.25) is 0 Å². The van der Waals surface area contributed by atoms with Crippen LogP contribution in [0.5, 0.6) is 0 Å². The first-order valence-corrected chi connectivity index (χ1v) is 12.5. The van der Waals surface area contributed by atoms with E-state index in [9.17, 15) is 14.4 Å². The first-order valence-electron chi connectivity index (χ1n) is 11.6. The first-order chi connectivity index (χ1) is 15.6. The van der Waals surface area contributed by atoms with Gasteiger partial charge >= 0.3 is 0 Å². The summed E-state index contributed by atoms with van der Waals surface area (Å²) in [6.07, 6.45) is 8.14. The highest BCUT2D eigenvalue weighted by atomic mass is 32.1. The van der Waals surface area contributed by atoms with E-state index in [2.05, 4.69) is 5.32 Å². The smallest absolute Gasteiger partial charge is 0.265 e. The quantitative estimate of drug-likeness (QED) is 0.692. The van der Waals surface area contributed by atoms with Crippen molar-refractivity contribution in [1.82, 2.24) is 9.80 Å². The summed E-state index contributed by atoms with van der Waals surface area (Å²) in [6, 6.07) is 10.6. The average Bonchev–Trinajstić information content (AvgIpc) is 3.39. The van der Waals surface area contributed by atoms with Gasteiger partial charge in [0.1, 0.15) is 0 Å². The summed E-state index contributed by atoms with van der Waals surface area (Å²) in [6.45, 7) is 2.32. The molecule has 1 aliphatic carbocycles. The molecular formula is C25H31N3O3S. The topological polar surface area (TPSA) is 69.7 Å². The Morgan fingerprint density at radius 1 is 0.906 bits per heavy atom. The lowest BCUT2D eigenvalue weighted by molar-refractivity contribution is -0.133. The maximum Gasteiger partial charge on any atom is 0.265 e. The van der Waals surface area contributed by atoms with Gasteiger partial charge in [0.2, 0.25) is 5.91 Å². The summed E-state index contributed by atoms with van der Waals surface area (Å²) >= 11 is 1.39. The van der Waals surface area contributed by atoms with Crippen molar-refractivity contribution in [2.24, 2.45) is 5.92 Å². The van der Waals surface area contributed by atoms with Crippen molar-refractivity contribution in [3.63, 3.8) is 0 Å². The Hall–Kier alpha value is -2.67. The van der Waals surface area contributed by atoms with Crippen molar-refractivity contribution >= 4 is 34.7 Å². The van der Waals surface area contributed by atoms with E-state index in [1.807, 2.05) is 21.2 Å². The molecule has 4 rings (SSSR count). The monoisotopic (exact) mass is 453 g/mol. The Labute approximate surface area is 193 Å². The number of amides is 3. The second kappa shape index (κ2) is 10.8. The summed E-state index contributed by atoms with van der Waals surface area (Å²) in [5, 5.41) is 4.71. The Kier molecular flexibility index (Phi) is 7.58. The number of carbonyl (C=O) groups is 3. The Morgan fingerprint density at radius 2 is 1.59 bits per heavy atom. The molecular weight excluding hydrogens is 422 g/mol. The number of piperazine rings is 1. The van der Waals surface area contributed by atoms with Crippen molar-refractivity contribution in [1.29, 1.82) is 0 Å². The number of hydrogen-bond donors (Lipinski definition) is 1. The third kappa shape index (κ3) is 5.76. The molecule has 2 aromatic rings. The van der Waals surface area contributed by atoms with E-state index < -0.39 is 0 Å². The van der Waals surface area contributed by atoms with Crippen molar-refractivity contribution in [3.8, 4) is 0 Å². The minimum atomic E-state index is -0.150. The fourth-order valence-corrected chi connectivity index (χ4v) is 5.22. The number of hydrogen-bond acceptors (Lipinski definition) is 4. The van der Waals surface area contributed by atoms with Gasteiger partial charge in [-0.15, -0.1) is 11.3 Å². The van der Waals surface area contributed by atoms with Crippen LogP contribution in [-0.4, -0.2) is 53.7 Å². The summed E-state index contributed by atoms with van der Waals surface area (Å²) in [4.78, 5) is 42.0. The summed E-state index contributed by atoms with van der Waals surface area (Å²) < 4.78 is 0. The van der Waals surface area contributed by atoms with Gasteiger partial charge in [0.25, 0.3) is 11.8 Å². The second-order valence-corrected chi connectivity index (χ2v) is 9.67. The van der Waals surface area contributed by atoms with Gasteiger partial charge in [-0.3, -0.25) is 14.4 Å². The van der Waals surface area contributed by atoms with Gasteiger partial charge < -0.3 is 15.1 Å². The van der Waals surface area contributed by atoms with Crippen molar-refractivity contribution in [3.05, 3.63) is 52.2 Å². The van der Waals surface area contributed by atoms with Crippen molar-refractivity contribution in [2.75, 3.05) is 31.5 Å². The van der Waals surface area contributed by atoms with Crippen LogP contribution in [0.3, 0.4) is 0 Å². The van der Waals surface area contributed by atoms with Gasteiger partial charge in [-0.2, -0.15) is 0 Å². The highest BCUT2D eigenvalue weighted by molar-refractivity contribution is 7.12. The van der Waals surface area contributed by atoms with Gasteiger partial charge in [-0.1, -0.05) is 38.2 Å². The number of nitrogens with zero attached hydrogens (tertiary/aromatic N) is 2. The largest absolute Gasteiger partial charge is 0.339 e. The molecule has 0 atom stereocenters. The zero-order chi connectivity index (χ0) is 22.3. The van der Waals surface area contributed by atoms with E-state index in [1.54, 1.807) is 30.3 Å². The average molecular weight is 454 g/mol. The molecule has 32 heavy (non-hydrogen) atoms. The number of rotatable bonds is 6. The molecule has 3 amide bonds. The fourth-order valence-electron chi connectivity index (χ4n) is 4.60.